The van der Waals surface area contributed by atoms with E-state index >= 15 is 0 Å². The van der Waals surface area contributed by atoms with Crippen LogP contribution < -0.4 is 15.2 Å². The normalized spacial score (nSPS) is 14.2. The van der Waals surface area contributed by atoms with Gasteiger partial charge in [-0.3, -0.25) is 0 Å². The Hall–Kier alpha value is -0.930. The predicted octanol–water partition coefficient (Wildman–Crippen LogP) is 1.88. The molecular formula is C10H12ClNO2. The largest absolute Gasteiger partial charge is 0.486 e. The summed E-state index contributed by atoms with van der Waals surface area (Å²) in [5, 5.41) is 0.647. The molecule has 0 aliphatic carbocycles. The zero-order valence-electron chi connectivity index (χ0n) is 7.97. The molecule has 14 heavy (non-hydrogen) atoms. The van der Waals surface area contributed by atoms with Gasteiger partial charge in [-0.25, -0.2) is 0 Å². The van der Waals surface area contributed by atoms with Crippen LogP contribution in [-0.4, -0.2) is 13.2 Å². The van der Waals surface area contributed by atoms with Gasteiger partial charge in [0.15, 0.2) is 11.5 Å². The summed E-state index contributed by atoms with van der Waals surface area (Å²) in [6.07, 6.45) is 0. The van der Waals surface area contributed by atoms with Gasteiger partial charge in [-0.05, 0) is 12.5 Å². The lowest BCUT2D eigenvalue weighted by Gasteiger charge is -2.22. The maximum atomic E-state index is 6.05. The molecule has 0 fully saturated rings. The van der Waals surface area contributed by atoms with Crippen molar-refractivity contribution in [1.29, 1.82) is 0 Å². The Balaban J connectivity index is 2.57. The van der Waals surface area contributed by atoms with Gasteiger partial charge in [-0.15, -0.1) is 0 Å². The number of fused-ring (bicyclic) bond motifs is 1. The van der Waals surface area contributed by atoms with Gasteiger partial charge in [-0.2, -0.15) is 0 Å². The summed E-state index contributed by atoms with van der Waals surface area (Å²) < 4.78 is 10.9. The number of benzene rings is 1. The Bertz CT molecular complexity index is 366. The van der Waals surface area contributed by atoms with Crippen molar-refractivity contribution in [2.45, 2.75) is 13.5 Å². The zero-order chi connectivity index (χ0) is 10.1. The SMILES string of the molecule is Cc1c(CN)c(Cl)cc2c1OCCO2. The second-order valence-electron chi connectivity index (χ2n) is 3.19. The molecule has 0 spiro atoms. The Morgan fingerprint density at radius 2 is 2.14 bits per heavy atom. The summed E-state index contributed by atoms with van der Waals surface area (Å²) >= 11 is 6.05. The minimum atomic E-state index is 0.418. The van der Waals surface area contributed by atoms with Crippen LogP contribution in [0.4, 0.5) is 0 Å². The fourth-order valence-electron chi connectivity index (χ4n) is 1.60. The van der Waals surface area contributed by atoms with Crippen LogP contribution in [0.3, 0.4) is 0 Å². The van der Waals surface area contributed by atoms with Crippen LogP contribution in [0, 0.1) is 6.92 Å². The molecule has 0 amide bonds. The molecule has 0 bridgehead atoms. The molecule has 2 rings (SSSR count). The van der Waals surface area contributed by atoms with Crippen molar-refractivity contribution in [3.63, 3.8) is 0 Å². The van der Waals surface area contributed by atoms with E-state index in [1.54, 1.807) is 6.07 Å². The molecule has 2 N–H and O–H groups in total. The molecule has 1 aliphatic rings. The fraction of sp³-hybridized carbons (Fsp3) is 0.400. The smallest absolute Gasteiger partial charge is 0.164 e. The number of hydrogen-bond donors (Lipinski definition) is 1. The van der Waals surface area contributed by atoms with Crippen LogP contribution in [0.15, 0.2) is 6.07 Å². The topological polar surface area (TPSA) is 44.5 Å². The van der Waals surface area contributed by atoms with E-state index in [0.29, 0.717) is 24.8 Å². The highest BCUT2D eigenvalue weighted by Gasteiger charge is 2.18. The Morgan fingerprint density at radius 1 is 1.43 bits per heavy atom. The van der Waals surface area contributed by atoms with E-state index < -0.39 is 0 Å². The van der Waals surface area contributed by atoms with E-state index in [1.165, 1.54) is 0 Å². The molecule has 1 aliphatic heterocycles. The van der Waals surface area contributed by atoms with E-state index in [0.717, 1.165) is 22.6 Å². The Kier molecular flexibility index (Phi) is 2.52. The molecule has 0 saturated carbocycles. The van der Waals surface area contributed by atoms with Gasteiger partial charge < -0.3 is 15.2 Å². The van der Waals surface area contributed by atoms with Gasteiger partial charge in [-0.1, -0.05) is 11.6 Å². The first-order valence-electron chi connectivity index (χ1n) is 4.51. The summed E-state index contributed by atoms with van der Waals surface area (Å²) in [4.78, 5) is 0. The van der Waals surface area contributed by atoms with Gasteiger partial charge in [0, 0.05) is 23.2 Å². The fourth-order valence-corrected chi connectivity index (χ4v) is 1.92. The maximum Gasteiger partial charge on any atom is 0.164 e. The third-order valence-corrected chi connectivity index (χ3v) is 2.69. The molecular weight excluding hydrogens is 202 g/mol. The average Bonchev–Trinajstić information content (AvgIpc) is 2.18. The first kappa shape index (κ1) is 9.62. The first-order valence-corrected chi connectivity index (χ1v) is 4.89. The second kappa shape index (κ2) is 3.67. The lowest BCUT2D eigenvalue weighted by atomic mass is 10.1. The van der Waals surface area contributed by atoms with E-state index in [4.69, 9.17) is 26.8 Å². The zero-order valence-corrected chi connectivity index (χ0v) is 8.73. The number of rotatable bonds is 1. The molecule has 76 valence electrons. The van der Waals surface area contributed by atoms with Crippen LogP contribution in [0.1, 0.15) is 11.1 Å². The van der Waals surface area contributed by atoms with Crippen LogP contribution in [0.5, 0.6) is 11.5 Å². The predicted molar refractivity (Wildman–Crippen MR) is 55.1 cm³/mol. The van der Waals surface area contributed by atoms with Crippen LogP contribution in [0.2, 0.25) is 5.02 Å². The number of ether oxygens (including phenoxy) is 2. The summed E-state index contributed by atoms with van der Waals surface area (Å²) in [5.74, 6) is 1.50. The number of halogens is 1. The van der Waals surface area contributed by atoms with Gasteiger partial charge in [0.2, 0.25) is 0 Å². The molecule has 3 nitrogen and oxygen atoms in total. The van der Waals surface area contributed by atoms with Crippen molar-refractivity contribution in [2.24, 2.45) is 5.73 Å². The van der Waals surface area contributed by atoms with Crippen molar-refractivity contribution in [1.82, 2.24) is 0 Å². The number of hydrogen-bond acceptors (Lipinski definition) is 3. The van der Waals surface area contributed by atoms with Gasteiger partial charge in [0.1, 0.15) is 13.2 Å². The first-order chi connectivity index (χ1) is 6.74. The molecule has 0 atom stereocenters. The van der Waals surface area contributed by atoms with Crippen LogP contribution in [0.25, 0.3) is 0 Å². The summed E-state index contributed by atoms with van der Waals surface area (Å²) in [6, 6.07) is 1.77. The second-order valence-corrected chi connectivity index (χ2v) is 3.60. The maximum absolute atomic E-state index is 6.05. The van der Waals surface area contributed by atoms with Crippen molar-refractivity contribution in [3.8, 4) is 11.5 Å². The van der Waals surface area contributed by atoms with E-state index in [2.05, 4.69) is 0 Å². The lowest BCUT2D eigenvalue weighted by Crippen LogP contribution is -2.17. The molecule has 4 heteroatoms. The summed E-state index contributed by atoms with van der Waals surface area (Å²) in [6.45, 7) is 3.52. The van der Waals surface area contributed by atoms with Gasteiger partial charge >= 0.3 is 0 Å². The third kappa shape index (κ3) is 1.42. The van der Waals surface area contributed by atoms with Crippen LogP contribution in [-0.2, 0) is 6.54 Å². The molecule has 0 saturated heterocycles. The van der Waals surface area contributed by atoms with Gasteiger partial charge in [0.05, 0.1) is 0 Å². The third-order valence-electron chi connectivity index (χ3n) is 2.35. The monoisotopic (exact) mass is 213 g/mol. The van der Waals surface area contributed by atoms with E-state index in [1.807, 2.05) is 6.92 Å². The quantitative estimate of drug-likeness (QED) is 0.775. The minimum Gasteiger partial charge on any atom is -0.486 e. The molecule has 1 heterocycles. The van der Waals surface area contributed by atoms with Crippen molar-refractivity contribution >= 4 is 11.6 Å². The highest BCUT2D eigenvalue weighted by Crippen LogP contribution is 2.39. The minimum absolute atomic E-state index is 0.418. The lowest BCUT2D eigenvalue weighted by molar-refractivity contribution is 0.170. The molecule has 0 aromatic heterocycles. The summed E-state index contributed by atoms with van der Waals surface area (Å²) in [5.41, 5.74) is 7.51. The van der Waals surface area contributed by atoms with Crippen molar-refractivity contribution in [3.05, 3.63) is 22.2 Å². The molecule has 1 aromatic carbocycles. The highest BCUT2D eigenvalue weighted by molar-refractivity contribution is 6.31. The Labute approximate surface area is 87.8 Å². The van der Waals surface area contributed by atoms with Crippen LogP contribution >= 0.6 is 11.6 Å². The molecule has 1 aromatic rings. The molecule has 0 radical (unpaired) electrons. The van der Waals surface area contributed by atoms with Crippen molar-refractivity contribution < 1.29 is 9.47 Å². The van der Waals surface area contributed by atoms with Gasteiger partial charge in [0.25, 0.3) is 0 Å². The van der Waals surface area contributed by atoms with Crippen molar-refractivity contribution in [2.75, 3.05) is 13.2 Å². The molecule has 0 unspecified atom stereocenters. The standard InChI is InChI=1S/C10H12ClNO2/c1-6-7(5-12)8(11)4-9-10(6)14-3-2-13-9/h4H,2-3,5,12H2,1H3. The summed E-state index contributed by atoms with van der Waals surface area (Å²) in [7, 11) is 0. The number of nitrogens with two attached hydrogens (primary N) is 1. The van der Waals surface area contributed by atoms with E-state index in [9.17, 15) is 0 Å². The Morgan fingerprint density at radius 3 is 2.86 bits per heavy atom. The average molecular weight is 214 g/mol. The van der Waals surface area contributed by atoms with E-state index in [-0.39, 0.29) is 0 Å². The highest BCUT2D eigenvalue weighted by atomic mass is 35.5.